The quantitative estimate of drug-likeness (QED) is 0.746. The van der Waals surface area contributed by atoms with Gasteiger partial charge in [-0.1, -0.05) is 12.1 Å². The molecule has 0 spiro atoms. The lowest BCUT2D eigenvalue weighted by molar-refractivity contribution is -0.0706. The van der Waals surface area contributed by atoms with Crippen LogP contribution in [0.25, 0.3) is 0 Å². The van der Waals surface area contributed by atoms with Crippen molar-refractivity contribution < 1.29 is 4.74 Å². The lowest BCUT2D eigenvalue weighted by Gasteiger charge is -2.37. The van der Waals surface area contributed by atoms with Gasteiger partial charge in [0.25, 0.3) is 0 Å². The molecule has 1 aromatic carbocycles. The van der Waals surface area contributed by atoms with Crippen molar-refractivity contribution in [3.63, 3.8) is 0 Å². The maximum atomic E-state index is 5.99. The Kier molecular flexibility index (Phi) is 3.17. The van der Waals surface area contributed by atoms with Gasteiger partial charge in [0.05, 0.1) is 5.60 Å². The Balaban J connectivity index is 2.05. The summed E-state index contributed by atoms with van der Waals surface area (Å²) in [5.41, 5.74) is 13.6. The van der Waals surface area contributed by atoms with Gasteiger partial charge in [-0.15, -0.1) is 0 Å². The SMILES string of the molecule is CC1(Cc2ccc(N)cc2)CC(N)CCO1. The van der Waals surface area contributed by atoms with Crippen molar-refractivity contribution in [1.82, 2.24) is 0 Å². The number of anilines is 1. The lowest BCUT2D eigenvalue weighted by atomic mass is 9.87. The van der Waals surface area contributed by atoms with Crippen molar-refractivity contribution in [3.05, 3.63) is 29.8 Å². The van der Waals surface area contributed by atoms with Gasteiger partial charge in [-0.25, -0.2) is 0 Å². The van der Waals surface area contributed by atoms with Crippen LogP contribution in [0.3, 0.4) is 0 Å². The molecule has 88 valence electrons. The van der Waals surface area contributed by atoms with E-state index in [-0.39, 0.29) is 11.6 Å². The predicted octanol–water partition coefficient (Wildman–Crippen LogP) is 1.71. The molecule has 1 aliphatic rings. The molecule has 1 heterocycles. The second-order valence-corrected chi connectivity index (χ2v) is 4.97. The number of ether oxygens (including phenoxy) is 1. The highest BCUT2D eigenvalue weighted by Gasteiger charge is 2.31. The van der Waals surface area contributed by atoms with Gasteiger partial charge >= 0.3 is 0 Å². The average molecular weight is 220 g/mol. The van der Waals surface area contributed by atoms with Gasteiger partial charge in [0.2, 0.25) is 0 Å². The zero-order chi connectivity index (χ0) is 11.6. The van der Waals surface area contributed by atoms with Crippen molar-refractivity contribution in [2.24, 2.45) is 5.73 Å². The number of rotatable bonds is 2. The van der Waals surface area contributed by atoms with Crippen LogP contribution >= 0.6 is 0 Å². The van der Waals surface area contributed by atoms with E-state index in [4.69, 9.17) is 16.2 Å². The highest BCUT2D eigenvalue weighted by molar-refractivity contribution is 5.39. The van der Waals surface area contributed by atoms with Crippen LogP contribution in [-0.4, -0.2) is 18.2 Å². The fourth-order valence-corrected chi connectivity index (χ4v) is 2.36. The Morgan fingerprint density at radius 2 is 2.06 bits per heavy atom. The van der Waals surface area contributed by atoms with Crippen LogP contribution in [0.5, 0.6) is 0 Å². The zero-order valence-electron chi connectivity index (χ0n) is 9.78. The summed E-state index contributed by atoms with van der Waals surface area (Å²) in [6, 6.07) is 8.25. The van der Waals surface area contributed by atoms with Gasteiger partial charge in [0.15, 0.2) is 0 Å². The minimum atomic E-state index is -0.117. The summed E-state index contributed by atoms with van der Waals surface area (Å²) < 4.78 is 5.86. The van der Waals surface area contributed by atoms with Gasteiger partial charge in [0.1, 0.15) is 0 Å². The molecule has 2 rings (SSSR count). The third-order valence-corrected chi connectivity index (χ3v) is 3.19. The largest absolute Gasteiger partial charge is 0.399 e. The number of nitrogen functional groups attached to an aromatic ring is 1. The molecule has 0 radical (unpaired) electrons. The molecule has 1 aliphatic heterocycles. The van der Waals surface area contributed by atoms with Crippen LogP contribution in [0.4, 0.5) is 5.69 Å². The summed E-state index contributed by atoms with van der Waals surface area (Å²) in [5.74, 6) is 0. The standard InChI is InChI=1S/C13H20N2O/c1-13(9-12(15)6-7-16-13)8-10-2-4-11(14)5-3-10/h2-5,12H,6-9,14-15H2,1H3. The summed E-state index contributed by atoms with van der Waals surface area (Å²) >= 11 is 0. The predicted molar refractivity (Wildman–Crippen MR) is 66.1 cm³/mol. The third kappa shape index (κ3) is 2.74. The molecule has 1 fully saturated rings. The first kappa shape index (κ1) is 11.4. The molecule has 3 heteroatoms. The molecular formula is C13H20N2O. The van der Waals surface area contributed by atoms with E-state index >= 15 is 0 Å². The van der Waals surface area contributed by atoms with E-state index in [9.17, 15) is 0 Å². The first-order chi connectivity index (χ1) is 7.57. The van der Waals surface area contributed by atoms with Gasteiger partial charge < -0.3 is 16.2 Å². The number of benzene rings is 1. The molecule has 1 saturated heterocycles. The Morgan fingerprint density at radius 3 is 2.69 bits per heavy atom. The normalized spacial score (nSPS) is 30.2. The monoisotopic (exact) mass is 220 g/mol. The molecule has 3 nitrogen and oxygen atoms in total. The van der Waals surface area contributed by atoms with Crippen molar-refractivity contribution in [3.8, 4) is 0 Å². The molecule has 4 N–H and O–H groups in total. The van der Waals surface area contributed by atoms with Crippen LogP contribution in [0, 0.1) is 0 Å². The fourth-order valence-electron chi connectivity index (χ4n) is 2.36. The first-order valence-corrected chi connectivity index (χ1v) is 5.81. The van der Waals surface area contributed by atoms with E-state index in [1.807, 2.05) is 12.1 Å². The summed E-state index contributed by atoms with van der Waals surface area (Å²) in [6.07, 6.45) is 2.80. The van der Waals surface area contributed by atoms with E-state index in [1.165, 1.54) is 5.56 Å². The maximum absolute atomic E-state index is 5.99. The van der Waals surface area contributed by atoms with Crippen molar-refractivity contribution in [2.45, 2.75) is 37.8 Å². The summed E-state index contributed by atoms with van der Waals surface area (Å²) in [5, 5.41) is 0. The average Bonchev–Trinajstić information content (AvgIpc) is 2.21. The zero-order valence-corrected chi connectivity index (χ0v) is 9.78. The Hall–Kier alpha value is -1.06. The first-order valence-electron chi connectivity index (χ1n) is 5.81. The summed E-state index contributed by atoms with van der Waals surface area (Å²) in [7, 11) is 0. The van der Waals surface area contributed by atoms with Gasteiger partial charge in [-0.3, -0.25) is 0 Å². The van der Waals surface area contributed by atoms with E-state index < -0.39 is 0 Å². The Labute approximate surface area is 96.8 Å². The van der Waals surface area contributed by atoms with Gasteiger partial charge in [-0.2, -0.15) is 0 Å². The second kappa shape index (κ2) is 4.44. The molecular weight excluding hydrogens is 200 g/mol. The summed E-state index contributed by atoms with van der Waals surface area (Å²) in [4.78, 5) is 0. The molecule has 0 aliphatic carbocycles. The van der Waals surface area contributed by atoms with E-state index in [2.05, 4.69) is 19.1 Å². The Morgan fingerprint density at radius 1 is 1.38 bits per heavy atom. The molecule has 1 aromatic rings. The van der Waals surface area contributed by atoms with Crippen LogP contribution in [0.2, 0.25) is 0 Å². The molecule has 0 saturated carbocycles. The van der Waals surface area contributed by atoms with Crippen LogP contribution in [-0.2, 0) is 11.2 Å². The molecule has 16 heavy (non-hydrogen) atoms. The van der Waals surface area contributed by atoms with Crippen molar-refractivity contribution in [1.29, 1.82) is 0 Å². The number of nitrogens with two attached hydrogens (primary N) is 2. The van der Waals surface area contributed by atoms with Gasteiger partial charge in [-0.05, 0) is 37.5 Å². The number of hydrogen-bond donors (Lipinski definition) is 2. The smallest absolute Gasteiger partial charge is 0.0709 e. The number of hydrogen-bond acceptors (Lipinski definition) is 3. The Bertz CT molecular complexity index is 349. The molecule has 2 atom stereocenters. The van der Waals surface area contributed by atoms with Crippen molar-refractivity contribution >= 4 is 5.69 Å². The van der Waals surface area contributed by atoms with E-state index in [1.54, 1.807) is 0 Å². The maximum Gasteiger partial charge on any atom is 0.0709 e. The lowest BCUT2D eigenvalue weighted by Crippen LogP contribution is -2.44. The minimum Gasteiger partial charge on any atom is -0.399 e. The van der Waals surface area contributed by atoms with Crippen molar-refractivity contribution in [2.75, 3.05) is 12.3 Å². The highest BCUT2D eigenvalue weighted by Crippen LogP contribution is 2.27. The van der Waals surface area contributed by atoms with E-state index in [0.29, 0.717) is 0 Å². The molecule has 0 aromatic heterocycles. The molecule has 0 bridgehead atoms. The van der Waals surface area contributed by atoms with Crippen LogP contribution in [0.1, 0.15) is 25.3 Å². The fraction of sp³-hybridized carbons (Fsp3) is 0.538. The molecule has 2 unspecified atom stereocenters. The highest BCUT2D eigenvalue weighted by atomic mass is 16.5. The third-order valence-electron chi connectivity index (χ3n) is 3.19. The summed E-state index contributed by atoms with van der Waals surface area (Å²) in [6.45, 7) is 2.91. The van der Waals surface area contributed by atoms with Crippen LogP contribution in [0.15, 0.2) is 24.3 Å². The minimum absolute atomic E-state index is 0.117. The van der Waals surface area contributed by atoms with E-state index in [0.717, 1.165) is 31.6 Å². The molecule has 0 amide bonds. The van der Waals surface area contributed by atoms with Crippen LogP contribution < -0.4 is 11.5 Å². The van der Waals surface area contributed by atoms with Gasteiger partial charge in [0, 0.05) is 24.8 Å². The second-order valence-electron chi connectivity index (χ2n) is 4.97. The topological polar surface area (TPSA) is 61.3 Å².